The summed E-state index contributed by atoms with van der Waals surface area (Å²) in [5, 5.41) is 10.2. The number of thioether (sulfide) groups is 1. The fraction of sp³-hybridized carbons (Fsp3) is 0.500. The number of allylic oxidation sites excluding steroid dienone is 1. The maximum Gasteiger partial charge on any atom is 0.216 e. The van der Waals surface area contributed by atoms with E-state index in [2.05, 4.69) is 53.1 Å². The summed E-state index contributed by atoms with van der Waals surface area (Å²) in [6, 6.07) is 19.7. The molecule has 1 fully saturated rings. The molecule has 40 heavy (non-hydrogen) atoms. The number of benzene rings is 2. The van der Waals surface area contributed by atoms with Crippen molar-refractivity contribution >= 4 is 33.1 Å². The maximum atomic E-state index is 11.7. The molecule has 1 saturated heterocycles. The van der Waals surface area contributed by atoms with Crippen LogP contribution in [0.1, 0.15) is 57.1 Å². The molecular formula is C32H46NO5PS. The van der Waals surface area contributed by atoms with Gasteiger partial charge in [-0.05, 0) is 42.6 Å². The van der Waals surface area contributed by atoms with E-state index in [1.807, 2.05) is 42.1 Å². The van der Waals surface area contributed by atoms with Gasteiger partial charge in [0.15, 0.2) is 5.78 Å². The Bertz CT molecular complexity index is 1010. The number of Topliss-reactive ketones (excluding diaryl/α,β-unsaturated/α-hetero) is 1. The quantitative estimate of drug-likeness (QED) is 0.119. The van der Waals surface area contributed by atoms with Crippen LogP contribution in [0.3, 0.4) is 0 Å². The molecule has 6 nitrogen and oxygen atoms in total. The highest BCUT2D eigenvalue weighted by Crippen LogP contribution is 2.28. The topological polar surface area (TPSA) is 98.8 Å². The number of ether oxygens (including phenoxy) is 2. The third-order valence-electron chi connectivity index (χ3n) is 6.86. The van der Waals surface area contributed by atoms with E-state index >= 15 is 0 Å². The third-order valence-corrected chi connectivity index (χ3v) is 8.76. The summed E-state index contributed by atoms with van der Waals surface area (Å²) in [4.78, 5) is 21.7. The Kier molecular flexibility index (Phi) is 16.4. The number of nitrogens with two attached hydrogens (primary N) is 1. The molecule has 1 heterocycles. The normalized spacial score (nSPS) is 22.9. The predicted molar refractivity (Wildman–Crippen MR) is 168 cm³/mol. The number of hydrogen-bond donors (Lipinski definition) is 2. The second-order valence-corrected chi connectivity index (χ2v) is 12.2. The highest BCUT2D eigenvalue weighted by atomic mass is 32.2. The van der Waals surface area contributed by atoms with Crippen molar-refractivity contribution in [3.05, 3.63) is 84.1 Å². The van der Waals surface area contributed by atoms with Crippen molar-refractivity contribution < 1.29 is 24.2 Å². The highest BCUT2D eigenvalue weighted by molar-refractivity contribution is 7.98. The molecule has 3 N–H and O–H groups in total. The van der Waals surface area contributed by atoms with Crippen molar-refractivity contribution in [1.29, 1.82) is 0 Å². The molecule has 2 aromatic carbocycles. The molecule has 2 aromatic rings. The van der Waals surface area contributed by atoms with E-state index in [1.54, 1.807) is 0 Å². The number of aldehydes is 1. The van der Waals surface area contributed by atoms with Crippen LogP contribution in [0.5, 0.6) is 0 Å². The fourth-order valence-electron chi connectivity index (χ4n) is 4.31. The standard InChI is InChI=1S/C24H38NO4PS.C8H8O/c1-16(13-14-31-15-19-11-5-4-6-12-19)9-7-8-10-17(2)28-24-20(25)23(30)21(27)22(29-24)18(3)26;9-7-6-8-4-2-1-3-5-8/h4-6,11-12,16,20-24,27H,2,7-10,13-15,25,30H2,1,3H3;1-5,7H,6H2. The first-order valence-electron chi connectivity index (χ1n) is 14.0. The minimum atomic E-state index is -0.946. The first-order chi connectivity index (χ1) is 19.2. The lowest BCUT2D eigenvalue weighted by atomic mass is 9.98. The van der Waals surface area contributed by atoms with Crippen molar-refractivity contribution in [2.45, 2.75) is 88.3 Å². The van der Waals surface area contributed by atoms with Gasteiger partial charge < -0.3 is 25.1 Å². The van der Waals surface area contributed by atoms with Crippen LogP contribution in [-0.2, 0) is 31.2 Å². The van der Waals surface area contributed by atoms with Crippen molar-refractivity contribution in [3.8, 4) is 0 Å². The summed E-state index contributed by atoms with van der Waals surface area (Å²) in [6.07, 6.45) is 4.06. The Morgan fingerprint density at radius 2 is 1.75 bits per heavy atom. The Hall–Kier alpha value is -2.02. The van der Waals surface area contributed by atoms with Gasteiger partial charge >= 0.3 is 0 Å². The van der Waals surface area contributed by atoms with Gasteiger partial charge in [-0.3, -0.25) is 4.79 Å². The first kappa shape index (κ1) is 34.2. The molecule has 3 rings (SSSR count). The number of rotatable bonds is 15. The van der Waals surface area contributed by atoms with E-state index in [0.717, 1.165) is 36.9 Å². The number of aliphatic hydroxyl groups is 1. The minimum Gasteiger partial charge on any atom is -0.468 e. The summed E-state index contributed by atoms with van der Waals surface area (Å²) in [5.74, 6) is 3.34. The van der Waals surface area contributed by atoms with Crippen LogP contribution in [0.4, 0.5) is 0 Å². The number of aliphatic hydroxyl groups excluding tert-OH is 1. The van der Waals surface area contributed by atoms with Crippen molar-refractivity contribution in [3.63, 3.8) is 0 Å². The fourth-order valence-corrected chi connectivity index (χ4v) is 5.84. The number of unbranched alkanes of at least 4 members (excludes halogenated alkanes) is 1. The summed E-state index contributed by atoms with van der Waals surface area (Å²) in [7, 11) is 2.50. The molecule has 0 aromatic heterocycles. The van der Waals surface area contributed by atoms with Crippen LogP contribution in [0.2, 0.25) is 0 Å². The zero-order valence-electron chi connectivity index (χ0n) is 23.8. The van der Waals surface area contributed by atoms with Crippen molar-refractivity contribution in [2.75, 3.05) is 5.75 Å². The Balaban J connectivity index is 0.000000526. The van der Waals surface area contributed by atoms with E-state index in [1.165, 1.54) is 31.1 Å². The molecule has 7 atom stereocenters. The van der Waals surface area contributed by atoms with Crippen LogP contribution in [0.15, 0.2) is 73.0 Å². The number of carbonyl (C=O) groups excluding carboxylic acids is 2. The zero-order chi connectivity index (χ0) is 29.3. The van der Waals surface area contributed by atoms with Gasteiger partial charge in [-0.2, -0.15) is 11.8 Å². The average molecular weight is 588 g/mol. The van der Waals surface area contributed by atoms with Crippen LogP contribution in [0, 0.1) is 5.92 Å². The minimum absolute atomic E-state index is 0.234. The lowest BCUT2D eigenvalue weighted by molar-refractivity contribution is -0.211. The summed E-state index contributed by atoms with van der Waals surface area (Å²) >= 11 is 2.00. The van der Waals surface area contributed by atoms with Crippen molar-refractivity contribution in [1.82, 2.24) is 0 Å². The molecule has 8 heteroatoms. The summed E-state index contributed by atoms with van der Waals surface area (Å²) in [6.45, 7) is 7.70. The number of ketones is 1. The summed E-state index contributed by atoms with van der Waals surface area (Å²) < 4.78 is 11.4. The maximum absolute atomic E-state index is 11.7. The van der Waals surface area contributed by atoms with E-state index in [-0.39, 0.29) is 11.4 Å². The molecule has 0 spiro atoms. The van der Waals surface area contributed by atoms with E-state index in [9.17, 15) is 14.7 Å². The highest BCUT2D eigenvalue weighted by Gasteiger charge is 2.44. The van der Waals surface area contributed by atoms with Gasteiger partial charge in [-0.15, -0.1) is 9.24 Å². The average Bonchev–Trinajstić information content (AvgIpc) is 2.95. The van der Waals surface area contributed by atoms with Crippen LogP contribution in [-0.4, -0.2) is 53.1 Å². The molecule has 0 aliphatic carbocycles. The largest absolute Gasteiger partial charge is 0.468 e. The SMILES string of the molecule is C=C(CCCCC(C)CCSCc1ccccc1)OC1OC(C(C)=O)C(O)C(P)C1N.O=CCc1ccccc1. The van der Waals surface area contributed by atoms with Gasteiger partial charge in [0.1, 0.15) is 12.4 Å². The van der Waals surface area contributed by atoms with Crippen LogP contribution in [0.25, 0.3) is 0 Å². The molecule has 220 valence electrons. The lowest BCUT2D eigenvalue weighted by Gasteiger charge is -2.41. The molecule has 1 aliphatic heterocycles. The van der Waals surface area contributed by atoms with Gasteiger partial charge in [0.25, 0.3) is 0 Å². The van der Waals surface area contributed by atoms with Gasteiger partial charge in [0, 0.05) is 24.3 Å². The predicted octanol–water partition coefficient (Wildman–Crippen LogP) is 5.71. The molecule has 0 radical (unpaired) electrons. The Morgan fingerprint density at radius 3 is 2.35 bits per heavy atom. The van der Waals surface area contributed by atoms with Gasteiger partial charge in [0.2, 0.25) is 6.29 Å². The third kappa shape index (κ3) is 12.7. The van der Waals surface area contributed by atoms with Gasteiger partial charge in [-0.1, -0.05) is 87.0 Å². The van der Waals surface area contributed by atoms with Gasteiger partial charge in [0.05, 0.1) is 17.9 Å². The van der Waals surface area contributed by atoms with Crippen molar-refractivity contribution in [2.24, 2.45) is 11.7 Å². The summed E-state index contributed by atoms with van der Waals surface area (Å²) in [5.41, 5.74) is 8.22. The van der Waals surface area contributed by atoms with Gasteiger partial charge in [-0.25, -0.2) is 0 Å². The molecule has 0 bridgehead atoms. The lowest BCUT2D eigenvalue weighted by Crippen LogP contribution is -2.61. The van der Waals surface area contributed by atoms with E-state index in [4.69, 9.17) is 15.2 Å². The number of hydrogen-bond acceptors (Lipinski definition) is 7. The molecule has 0 amide bonds. The molecular weight excluding hydrogens is 541 g/mol. The zero-order valence-corrected chi connectivity index (χ0v) is 25.8. The number of carbonyl (C=O) groups is 2. The second-order valence-electron chi connectivity index (χ2n) is 10.4. The first-order valence-corrected chi connectivity index (χ1v) is 15.8. The smallest absolute Gasteiger partial charge is 0.216 e. The molecule has 0 saturated carbocycles. The van der Waals surface area contributed by atoms with E-state index in [0.29, 0.717) is 18.1 Å². The molecule has 1 aliphatic rings. The monoisotopic (exact) mass is 587 g/mol. The molecule has 7 unspecified atom stereocenters. The Labute approximate surface area is 246 Å². The van der Waals surface area contributed by atoms with Crippen LogP contribution >= 0.6 is 21.0 Å². The Morgan fingerprint density at radius 1 is 1.12 bits per heavy atom. The van der Waals surface area contributed by atoms with Crippen LogP contribution < -0.4 is 5.73 Å². The van der Waals surface area contributed by atoms with E-state index < -0.39 is 24.5 Å². The second kappa shape index (κ2) is 19.2.